The second-order valence-corrected chi connectivity index (χ2v) is 9.15. The van der Waals surface area contributed by atoms with Gasteiger partial charge in [0.15, 0.2) is 11.5 Å². The first kappa shape index (κ1) is 21.5. The molecule has 1 aromatic heterocycles. The van der Waals surface area contributed by atoms with Gasteiger partial charge in [-0.3, -0.25) is 0 Å². The Morgan fingerprint density at radius 1 is 1.06 bits per heavy atom. The topological polar surface area (TPSA) is 43.4 Å². The van der Waals surface area contributed by atoms with E-state index in [1.165, 1.54) is 10.3 Å². The molecule has 0 spiro atoms. The van der Waals surface area contributed by atoms with Crippen LogP contribution in [0, 0.1) is 6.92 Å². The van der Waals surface area contributed by atoms with Crippen molar-refractivity contribution >= 4 is 38.8 Å². The number of nitrogens with zero attached hydrogens (tertiary/aromatic N) is 1. The molecule has 4 aromatic rings. The number of nitrogens with one attached hydrogen (secondary N) is 1. The minimum Gasteiger partial charge on any atom is -0.493 e. The number of hydrogen-bond acceptors (Lipinski definition) is 5. The van der Waals surface area contributed by atoms with Gasteiger partial charge in [-0.25, -0.2) is 4.98 Å². The summed E-state index contributed by atoms with van der Waals surface area (Å²) < 4.78 is 12.7. The molecule has 0 aliphatic carbocycles. The maximum Gasteiger partial charge on any atom is 0.166 e. The summed E-state index contributed by atoms with van der Waals surface area (Å²) in [7, 11) is 1.62. The largest absolute Gasteiger partial charge is 0.493 e. The van der Waals surface area contributed by atoms with E-state index in [4.69, 9.17) is 26.1 Å². The Balaban J connectivity index is 1.52. The van der Waals surface area contributed by atoms with Crippen LogP contribution in [0.2, 0.25) is 5.02 Å². The molecule has 0 atom stereocenters. The molecule has 6 heteroatoms. The lowest BCUT2D eigenvalue weighted by atomic mass is 10.1. The van der Waals surface area contributed by atoms with Gasteiger partial charge in [0.1, 0.15) is 5.01 Å². The van der Waals surface area contributed by atoms with Crippen molar-refractivity contribution < 1.29 is 9.47 Å². The SMILES string of the molecule is COc1cc(Cl)cc(CNc2ccc(-c3nc4ccc(C)cc4s3)cc2)c1OC(C)C. The van der Waals surface area contributed by atoms with Gasteiger partial charge in [0, 0.05) is 34.4 Å². The van der Waals surface area contributed by atoms with Crippen molar-refractivity contribution in [1.82, 2.24) is 4.98 Å². The van der Waals surface area contributed by atoms with Crippen LogP contribution in [-0.2, 0) is 6.54 Å². The Bertz CT molecular complexity index is 1200. The molecule has 0 fully saturated rings. The van der Waals surface area contributed by atoms with Crippen LogP contribution in [0.1, 0.15) is 25.0 Å². The zero-order valence-electron chi connectivity index (χ0n) is 18.0. The number of rotatable bonds is 7. The lowest BCUT2D eigenvalue weighted by molar-refractivity contribution is 0.228. The van der Waals surface area contributed by atoms with E-state index in [0.29, 0.717) is 17.3 Å². The number of thiazole rings is 1. The number of aromatic nitrogens is 1. The number of fused-ring (bicyclic) bond motifs is 1. The molecular weight excluding hydrogens is 428 g/mol. The first-order valence-electron chi connectivity index (χ1n) is 10.2. The average Bonchev–Trinajstić information content (AvgIpc) is 3.16. The molecule has 0 radical (unpaired) electrons. The standard InChI is InChI=1S/C25H25ClN2O2S/c1-15(2)30-24-18(12-19(26)13-22(24)29-4)14-27-20-8-6-17(7-9-20)25-28-21-10-5-16(3)11-23(21)31-25/h5-13,15,27H,14H2,1-4H3. The third-order valence-corrected chi connectivity index (χ3v) is 6.11. The van der Waals surface area contributed by atoms with Gasteiger partial charge >= 0.3 is 0 Å². The van der Waals surface area contributed by atoms with Crippen molar-refractivity contribution in [2.45, 2.75) is 33.4 Å². The molecule has 3 aromatic carbocycles. The number of anilines is 1. The highest BCUT2D eigenvalue weighted by atomic mass is 35.5. The first-order chi connectivity index (χ1) is 14.9. The van der Waals surface area contributed by atoms with E-state index in [0.717, 1.165) is 33.1 Å². The van der Waals surface area contributed by atoms with Gasteiger partial charge in [0.25, 0.3) is 0 Å². The predicted molar refractivity (Wildman–Crippen MR) is 131 cm³/mol. The third-order valence-electron chi connectivity index (χ3n) is 4.83. The molecule has 1 heterocycles. The zero-order chi connectivity index (χ0) is 22.0. The number of hydrogen-bond donors (Lipinski definition) is 1. The molecule has 31 heavy (non-hydrogen) atoms. The van der Waals surface area contributed by atoms with Crippen LogP contribution in [0.15, 0.2) is 54.6 Å². The number of benzene rings is 3. The number of aryl methyl sites for hydroxylation is 1. The fraction of sp³-hybridized carbons (Fsp3) is 0.240. The molecule has 0 unspecified atom stereocenters. The summed E-state index contributed by atoms with van der Waals surface area (Å²) in [5.41, 5.74) is 5.36. The van der Waals surface area contributed by atoms with E-state index in [2.05, 4.69) is 54.7 Å². The van der Waals surface area contributed by atoms with E-state index in [9.17, 15) is 0 Å². The smallest absolute Gasteiger partial charge is 0.166 e. The minimum absolute atomic E-state index is 0.0331. The van der Waals surface area contributed by atoms with Crippen molar-refractivity contribution in [2.24, 2.45) is 0 Å². The molecule has 4 nitrogen and oxygen atoms in total. The summed E-state index contributed by atoms with van der Waals surface area (Å²) >= 11 is 8.00. The Labute approximate surface area is 191 Å². The summed E-state index contributed by atoms with van der Waals surface area (Å²) in [5.74, 6) is 1.36. The van der Waals surface area contributed by atoms with Crippen LogP contribution < -0.4 is 14.8 Å². The minimum atomic E-state index is 0.0331. The van der Waals surface area contributed by atoms with E-state index in [1.807, 2.05) is 19.9 Å². The van der Waals surface area contributed by atoms with Gasteiger partial charge in [0.2, 0.25) is 0 Å². The summed E-state index contributed by atoms with van der Waals surface area (Å²) in [6.45, 7) is 6.66. The van der Waals surface area contributed by atoms with Gasteiger partial charge in [-0.2, -0.15) is 0 Å². The van der Waals surface area contributed by atoms with Gasteiger partial charge in [-0.15, -0.1) is 11.3 Å². The van der Waals surface area contributed by atoms with Crippen LogP contribution in [0.5, 0.6) is 11.5 Å². The Morgan fingerprint density at radius 3 is 2.55 bits per heavy atom. The fourth-order valence-corrected chi connectivity index (χ4v) is 4.66. The number of methoxy groups -OCH3 is 1. The summed E-state index contributed by atoms with van der Waals surface area (Å²) in [6, 6.07) is 18.4. The van der Waals surface area contributed by atoms with Crippen molar-refractivity contribution in [3.8, 4) is 22.1 Å². The van der Waals surface area contributed by atoms with Crippen molar-refractivity contribution in [3.63, 3.8) is 0 Å². The second kappa shape index (κ2) is 9.16. The quantitative estimate of drug-likeness (QED) is 0.318. The van der Waals surface area contributed by atoms with E-state index in [-0.39, 0.29) is 6.10 Å². The third kappa shape index (κ3) is 4.94. The van der Waals surface area contributed by atoms with Crippen molar-refractivity contribution in [3.05, 3.63) is 70.7 Å². The van der Waals surface area contributed by atoms with Crippen molar-refractivity contribution in [2.75, 3.05) is 12.4 Å². The zero-order valence-corrected chi connectivity index (χ0v) is 19.6. The second-order valence-electron chi connectivity index (χ2n) is 7.68. The van der Waals surface area contributed by atoms with Crippen LogP contribution in [0.3, 0.4) is 0 Å². The molecule has 0 aliphatic heterocycles. The van der Waals surface area contributed by atoms with Crippen LogP contribution in [0.25, 0.3) is 20.8 Å². The number of ether oxygens (including phenoxy) is 2. The van der Waals surface area contributed by atoms with Gasteiger partial charge in [0.05, 0.1) is 23.4 Å². The molecule has 0 saturated heterocycles. The van der Waals surface area contributed by atoms with Gasteiger partial charge in [-0.05, 0) is 68.8 Å². The highest BCUT2D eigenvalue weighted by molar-refractivity contribution is 7.21. The van der Waals surface area contributed by atoms with Crippen LogP contribution >= 0.6 is 22.9 Å². The molecule has 0 bridgehead atoms. The van der Waals surface area contributed by atoms with Crippen LogP contribution in [0.4, 0.5) is 5.69 Å². The molecular formula is C25H25ClN2O2S. The molecule has 4 rings (SSSR count). The lowest BCUT2D eigenvalue weighted by Crippen LogP contribution is -2.10. The summed E-state index contributed by atoms with van der Waals surface area (Å²) in [6.07, 6.45) is 0.0331. The normalized spacial score (nSPS) is 11.2. The molecule has 160 valence electrons. The predicted octanol–water partition coefficient (Wildman–Crippen LogP) is 7.33. The highest BCUT2D eigenvalue weighted by Crippen LogP contribution is 2.36. The average molecular weight is 453 g/mol. The van der Waals surface area contributed by atoms with Gasteiger partial charge < -0.3 is 14.8 Å². The van der Waals surface area contributed by atoms with E-state index < -0.39 is 0 Å². The van der Waals surface area contributed by atoms with Gasteiger partial charge in [-0.1, -0.05) is 17.7 Å². The Morgan fingerprint density at radius 2 is 1.84 bits per heavy atom. The van der Waals surface area contributed by atoms with Crippen molar-refractivity contribution in [1.29, 1.82) is 0 Å². The summed E-state index contributed by atoms with van der Waals surface area (Å²) in [4.78, 5) is 4.77. The monoisotopic (exact) mass is 452 g/mol. The maximum absolute atomic E-state index is 6.28. The molecule has 1 N–H and O–H groups in total. The Hall–Kier alpha value is -2.76. The molecule has 0 amide bonds. The lowest BCUT2D eigenvalue weighted by Gasteiger charge is -2.18. The Kier molecular flexibility index (Phi) is 6.35. The van der Waals surface area contributed by atoms with E-state index in [1.54, 1.807) is 24.5 Å². The number of halogens is 1. The summed E-state index contributed by atoms with van der Waals surface area (Å²) in [5, 5.41) is 5.10. The van der Waals surface area contributed by atoms with E-state index >= 15 is 0 Å². The molecule has 0 aliphatic rings. The van der Waals surface area contributed by atoms with Crippen LogP contribution in [-0.4, -0.2) is 18.2 Å². The highest BCUT2D eigenvalue weighted by Gasteiger charge is 2.14. The maximum atomic E-state index is 6.28. The fourth-order valence-electron chi connectivity index (χ4n) is 3.36. The molecule has 0 saturated carbocycles. The first-order valence-corrected chi connectivity index (χ1v) is 11.4.